The third kappa shape index (κ3) is 3.67. The highest BCUT2D eigenvalue weighted by Crippen LogP contribution is 2.29. The lowest BCUT2D eigenvalue weighted by Gasteiger charge is -2.12. The van der Waals surface area contributed by atoms with Gasteiger partial charge in [-0.05, 0) is 31.9 Å². The fourth-order valence-corrected chi connectivity index (χ4v) is 2.57. The lowest BCUT2D eigenvalue weighted by Crippen LogP contribution is -2.32. The lowest BCUT2D eigenvalue weighted by atomic mass is 10.3. The number of aliphatic hydroxyl groups is 1. The number of pyridine rings is 1. The summed E-state index contributed by atoms with van der Waals surface area (Å²) in [5.41, 5.74) is 0. The molecule has 1 aliphatic carbocycles. The SMILES string of the molecule is CC(CO)Nc1cccc(S(=O)(=O)NC(=O)C2CC2)n1. The Kier molecular flexibility index (Phi) is 4.24. The summed E-state index contributed by atoms with van der Waals surface area (Å²) < 4.78 is 26.0. The van der Waals surface area contributed by atoms with Crippen LogP contribution in [0.25, 0.3) is 0 Å². The summed E-state index contributed by atoms with van der Waals surface area (Å²) in [5.74, 6) is -0.345. The van der Waals surface area contributed by atoms with E-state index in [1.165, 1.54) is 12.1 Å². The van der Waals surface area contributed by atoms with Crippen LogP contribution in [0.1, 0.15) is 19.8 Å². The second-order valence-electron chi connectivity index (χ2n) is 4.83. The Bertz CT molecular complexity index is 598. The summed E-state index contributed by atoms with van der Waals surface area (Å²) in [4.78, 5) is 15.5. The number of aliphatic hydroxyl groups excluding tert-OH is 1. The van der Waals surface area contributed by atoms with E-state index in [0.717, 1.165) is 12.8 Å². The average molecular weight is 299 g/mol. The molecular weight excluding hydrogens is 282 g/mol. The Balaban J connectivity index is 2.14. The molecule has 0 aliphatic heterocycles. The van der Waals surface area contributed by atoms with Crippen LogP contribution in [0.3, 0.4) is 0 Å². The fourth-order valence-electron chi connectivity index (χ4n) is 1.56. The zero-order chi connectivity index (χ0) is 14.8. The van der Waals surface area contributed by atoms with Gasteiger partial charge in [0.25, 0.3) is 10.0 Å². The van der Waals surface area contributed by atoms with Gasteiger partial charge in [-0.15, -0.1) is 0 Å². The van der Waals surface area contributed by atoms with Crippen molar-refractivity contribution in [2.45, 2.75) is 30.8 Å². The van der Waals surface area contributed by atoms with Gasteiger partial charge in [0.05, 0.1) is 6.61 Å². The lowest BCUT2D eigenvalue weighted by molar-refractivity contribution is -0.120. The third-order valence-corrected chi connectivity index (χ3v) is 4.10. The van der Waals surface area contributed by atoms with Gasteiger partial charge in [0, 0.05) is 12.0 Å². The molecule has 1 aromatic rings. The number of aromatic nitrogens is 1. The van der Waals surface area contributed by atoms with E-state index < -0.39 is 15.9 Å². The number of nitrogens with one attached hydrogen (secondary N) is 2. The van der Waals surface area contributed by atoms with Gasteiger partial charge in [-0.2, -0.15) is 8.42 Å². The van der Waals surface area contributed by atoms with Gasteiger partial charge in [0.1, 0.15) is 5.82 Å². The molecule has 1 amide bonds. The van der Waals surface area contributed by atoms with Crippen molar-refractivity contribution in [2.24, 2.45) is 5.92 Å². The number of anilines is 1. The summed E-state index contributed by atoms with van der Waals surface area (Å²) in [6.45, 7) is 1.63. The topological polar surface area (TPSA) is 108 Å². The number of rotatable bonds is 6. The molecule has 1 fully saturated rings. The number of sulfonamides is 1. The van der Waals surface area contributed by atoms with E-state index in [2.05, 4.69) is 10.3 Å². The number of nitrogens with zero attached hydrogens (tertiary/aromatic N) is 1. The van der Waals surface area contributed by atoms with Crippen molar-refractivity contribution in [3.8, 4) is 0 Å². The van der Waals surface area contributed by atoms with Crippen LogP contribution in [0.4, 0.5) is 5.82 Å². The highest BCUT2D eigenvalue weighted by atomic mass is 32.2. The molecule has 1 atom stereocenters. The molecular formula is C12H17N3O4S. The summed E-state index contributed by atoms with van der Waals surface area (Å²) in [7, 11) is -3.94. The van der Waals surface area contributed by atoms with Crippen molar-refractivity contribution in [3.05, 3.63) is 18.2 Å². The Morgan fingerprint density at radius 2 is 2.20 bits per heavy atom. The molecule has 0 saturated heterocycles. The number of carbonyl (C=O) groups is 1. The van der Waals surface area contributed by atoms with Gasteiger partial charge >= 0.3 is 0 Å². The maximum Gasteiger partial charge on any atom is 0.281 e. The number of hydrogen-bond donors (Lipinski definition) is 3. The van der Waals surface area contributed by atoms with Crippen molar-refractivity contribution >= 4 is 21.7 Å². The maximum atomic E-state index is 12.0. The largest absolute Gasteiger partial charge is 0.394 e. The molecule has 0 spiro atoms. The van der Waals surface area contributed by atoms with E-state index in [4.69, 9.17) is 5.11 Å². The van der Waals surface area contributed by atoms with Crippen LogP contribution >= 0.6 is 0 Å². The zero-order valence-electron chi connectivity index (χ0n) is 11.0. The van der Waals surface area contributed by atoms with Crippen molar-refractivity contribution in [1.29, 1.82) is 0 Å². The second-order valence-corrected chi connectivity index (χ2v) is 6.46. The molecule has 7 nitrogen and oxygen atoms in total. The first-order valence-corrected chi connectivity index (χ1v) is 7.82. The van der Waals surface area contributed by atoms with Gasteiger partial charge in [0.2, 0.25) is 5.91 Å². The van der Waals surface area contributed by atoms with Crippen LogP contribution in [0.15, 0.2) is 23.2 Å². The first-order chi connectivity index (χ1) is 9.42. The number of hydrogen-bond acceptors (Lipinski definition) is 6. The fraction of sp³-hybridized carbons (Fsp3) is 0.500. The predicted octanol–water partition coefficient (Wildman–Crippen LogP) is 0.0892. The smallest absolute Gasteiger partial charge is 0.281 e. The summed E-state index contributed by atoms with van der Waals surface area (Å²) in [5, 5.41) is 11.6. The molecule has 0 aromatic carbocycles. The van der Waals surface area contributed by atoms with Crippen LogP contribution in [-0.2, 0) is 14.8 Å². The van der Waals surface area contributed by atoms with Crippen molar-refractivity contribution in [3.63, 3.8) is 0 Å². The number of carbonyl (C=O) groups excluding carboxylic acids is 1. The molecule has 8 heteroatoms. The van der Waals surface area contributed by atoms with E-state index >= 15 is 0 Å². The Morgan fingerprint density at radius 3 is 2.80 bits per heavy atom. The first kappa shape index (κ1) is 14.7. The summed E-state index contributed by atoms with van der Waals surface area (Å²) in [6.07, 6.45) is 1.45. The van der Waals surface area contributed by atoms with Crippen LogP contribution < -0.4 is 10.0 Å². The summed E-state index contributed by atoms with van der Waals surface area (Å²) in [6, 6.07) is 4.18. The minimum atomic E-state index is -3.94. The Hall–Kier alpha value is -1.67. The molecule has 1 saturated carbocycles. The van der Waals surface area contributed by atoms with E-state index in [1.807, 2.05) is 4.72 Å². The van der Waals surface area contributed by atoms with Crippen LogP contribution in [0.2, 0.25) is 0 Å². The second kappa shape index (κ2) is 5.76. The molecule has 1 aliphatic rings. The van der Waals surface area contributed by atoms with Crippen LogP contribution in [-0.4, -0.2) is 37.1 Å². The van der Waals surface area contributed by atoms with Gasteiger partial charge in [-0.3, -0.25) is 4.79 Å². The molecule has 1 heterocycles. The van der Waals surface area contributed by atoms with Crippen molar-refractivity contribution in [2.75, 3.05) is 11.9 Å². The quantitative estimate of drug-likeness (QED) is 0.687. The van der Waals surface area contributed by atoms with Gasteiger partial charge in [-0.1, -0.05) is 6.07 Å². The molecule has 0 radical (unpaired) electrons. The highest BCUT2D eigenvalue weighted by Gasteiger charge is 2.33. The van der Waals surface area contributed by atoms with Gasteiger partial charge in [0.15, 0.2) is 5.03 Å². The highest BCUT2D eigenvalue weighted by molar-refractivity contribution is 7.90. The standard InChI is InChI=1S/C12H17N3O4S/c1-8(7-16)13-10-3-2-4-11(14-10)20(18,19)15-12(17)9-5-6-9/h2-4,8-9,16H,5-7H2,1H3,(H,13,14)(H,15,17). The maximum absolute atomic E-state index is 12.0. The van der Waals surface area contributed by atoms with Crippen molar-refractivity contribution in [1.82, 2.24) is 9.71 Å². The third-order valence-electron chi connectivity index (χ3n) is 2.85. The van der Waals surface area contributed by atoms with Crippen LogP contribution in [0, 0.1) is 5.92 Å². The molecule has 0 bridgehead atoms. The van der Waals surface area contributed by atoms with E-state index in [9.17, 15) is 13.2 Å². The van der Waals surface area contributed by atoms with E-state index in [0.29, 0.717) is 5.82 Å². The molecule has 2 rings (SSSR count). The molecule has 1 aromatic heterocycles. The minimum Gasteiger partial charge on any atom is -0.394 e. The number of amides is 1. The zero-order valence-corrected chi connectivity index (χ0v) is 11.9. The molecule has 110 valence electrons. The Morgan fingerprint density at radius 1 is 1.50 bits per heavy atom. The van der Waals surface area contributed by atoms with Gasteiger partial charge in [-0.25, -0.2) is 9.71 Å². The average Bonchev–Trinajstić information content (AvgIpc) is 3.22. The van der Waals surface area contributed by atoms with Crippen molar-refractivity contribution < 1.29 is 18.3 Å². The van der Waals surface area contributed by atoms with E-state index in [1.54, 1.807) is 13.0 Å². The monoisotopic (exact) mass is 299 g/mol. The first-order valence-electron chi connectivity index (χ1n) is 6.33. The van der Waals surface area contributed by atoms with E-state index in [-0.39, 0.29) is 23.6 Å². The van der Waals surface area contributed by atoms with Crippen LogP contribution in [0.5, 0.6) is 0 Å². The summed E-state index contributed by atoms with van der Waals surface area (Å²) >= 11 is 0. The molecule has 20 heavy (non-hydrogen) atoms. The normalized spacial score (nSPS) is 16.5. The molecule has 1 unspecified atom stereocenters. The Labute approximate surface area is 117 Å². The minimum absolute atomic E-state index is 0.100. The predicted molar refractivity (Wildman–Crippen MR) is 72.5 cm³/mol. The van der Waals surface area contributed by atoms with Gasteiger partial charge < -0.3 is 10.4 Å². The molecule has 3 N–H and O–H groups in total.